The molecule has 0 amide bonds. The molecule has 1 unspecified atom stereocenters. The summed E-state index contributed by atoms with van der Waals surface area (Å²) in [5.74, 6) is 0.395. The van der Waals surface area contributed by atoms with Gasteiger partial charge in [0.15, 0.2) is 0 Å². The molecule has 0 radical (unpaired) electrons. The number of rotatable bonds is 2. The second-order valence-corrected chi connectivity index (χ2v) is 4.58. The van der Waals surface area contributed by atoms with E-state index in [1.54, 1.807) is 12.3 Å². The second-order valence-electron chi connectivity index (χ2n) is 4.58. The molecule has 0 fully saturated rings. The molecule has 0 aromatic carbocycles. The molecule has 1 aromatic heterocycles. The monoisotopic (exact) mass is 231 g/mol. The first-order chi connectivity index (χ1) is 8.15. The van der Waals surface area contributed by atoms with Crippen LogP contribution in [-0.2, 0) is 4.79 Å². The average Bonchev–Trinajstić information content (AvgIpc) is 2.33. The van der Waals surface area contributed by atoms with Crippen molar-refractivity contribution in [3.63, 3.8) is 0 Å². The molecule has 0 saturated heterocycles. The van der Waals surface area contributed by atoms with Gasteiger partial charge >= 0.3 is 5.97 Å². The van der Waals surface area contributed by atoms with Crippen LogP contribution in [-0.4, -0.2) is 11.0 Å². The molecule has 3 nitrogen and oxygen atoms in total. The Balaban J connectivity index is 1.95. The molecule has 0 spiro atoms. The van der Waals surface area contributed by atoms with Gasteiger partial charge in [-0.25, -0.2) is 0 Å². The van der Waals surface area contributed by atoms with Crippen molar-refractivity contribution in [1.29, 1.82) is 0 Å². The molecule has 2 rings (SSSR count). The summed E-state index contributed by atoms with van der Waals surface area (Å²) in [5.41, 5.74) is 2.28. The summed E-state index contributed by atoms with van der Waals surface area (Å²) < 4.78 is 5.31. The third-order valence-corrected chi connectivity index (χ3v) is 3.07. The molecular formula is C14H17NO2. The van der Waals surface area contributed by atoms with E-state index in [-0.39, 0.29) is 11.9 Å². The third kappa shape index (κ3) is 3.16. The van der Waals surface area contributed by atoms with Crippen LogP contribution in [0.5, 0.6) is 5.75 Å². The van der Waals surface area contributed by atoms with E-state index >= 15 is 0 Å². The second kappa shape index (κ2) is 5.13. The van der Waals surface area contributed by atoms with Crippen LogP contribution in [0.25, 0.3) is 0 Å². The van der Waals surface area contributed by atoms with Gasteiger partial charge in [0.05, 0.1) is 12.1 Å². The Bertz CT molecular complexity index is 434. The first-order valence-electron chi connectivity index (χ1n) is 5.95. The first-order valence-corrected chi connectivity index (χ1v) is 5.95. The summed E-state index contributed by atoms with van der Waals surface area (Å²) in [6, 6.07) is 3.62. The largest absolute Gasteiger partial charge is 0.425 e. The van der Waals surface area contributed by atoms with Gasteiger partial charge in [-0.2, -0.15) is 0 Å². The summed E-state index contributed by atoms with van der Waals surface area (Å²) in [6.45, 7) is 4.01. The van der Waals surface area contributed by atoms with E-state index in [9.17, 15) is 4.79 Å². The lowest BCUT2D eigenvalue weighted by molar-refractivity contribution is -0.139. The van der Waals surface area contributed by atoms with E-state index in [4.69, 9.17) is 4.74 Å². The van der Waals surface area contributed by atoms with Crippen LogP contribution in [0.2, 0.25) is 0 Å². The number of allylic oxidation sites excluding steroid dienone is 2. The number of nitrogens with zero attached hydrogens (tertiary/aromatic N) is 1. The van der Waals surface area contributed by atoms with E-state index in [2.05, 4.69) is 18.0 Å². The van der Waals surface area contributed by atoms with Crippen molar-refractivity contribution in [2.75, 3.05) is 0 Å². The van der Waals surface area contributed by atoms with Gasteiger partial charge in [0.1, 0.15) is 5.75 Å². The molecule has 3 heteroatoms. The Morgan fingerprint density at radius 1 is 1.41 bits per heavy atom. The predicted molar refractivity (Wildman–Crippen MR) is 65.7 cm³/mol. The summed E-state index contributed by atoms with van der Waals surface area (Å²) in [7, 11) is 0. The number of ether oxygens (including phenoxy) is 1. The summed E-state index contributed by atoms with van der Waals surface area (Å²) in [4.78, 5) is 16.0. The van der Waals surface area contributed by atoms with Crippen molar-refractivity contribution in [2.45, 2.75) is 33.1 Å². The van der Waals surface area contributed by atoms with Crippen LogP contribution in [0.4, 0.5) is 0 Å². The van der Waals surface area contributed by atoms with Gasteiger partial charge in [0, 0.05) is 5.69 Å². The molecule has 17 heavy (non-hydrogen) atoms. The predicted octanol–water partition coefficient (Wildman–Crippen LogP) is 3.04. The number of hydrogen-bond acceptors (Lipinski definition) is 3. The fourth-order valence-electron chi connectivity index (χ4n) is 1.89. The molecule has 1 aromatic rings. The van der Waals surface area contributed by atoms with Crippen molar-refractivity contribution in [3.05, 3.63) is 35.7 Å². The third-order valence-electron chi connectivity index (χ3n) is 3.07. The molecule has 1 atom stereocenters. The molecule has 0 N–H and O–H groups in total. The van der Waals surface area contributed by atoms with Gasteiger partial charge in [-0.3, -0.25) is 9.78 Å². The van der Waals surface area contributed by atoms with Crippen LogP contribution < -0.4 is 4.74 Å². The van der Waals surface area contributed by atoms with Gasteiger partial charge in [-0.05, 0) is 45.2 Å². The quantitative estimate of drug-likeness (QED) is 0.580. The lowest BCUT2D eigenvalue weighted by Gasteiger charge is -2.18. The lowest BCUT2D eigenvalue weighted by atomic mass is 9.90. The number of hydrogen-bond donors (Lipinski definition) is 0. The molecule has 90 valence electrons. The van der Waals surface area contributed by atoms with Crippen LogP contribution in [0, 0.1) is 12.8 Å². The maximum Gasteiger partial charge on any atom is 0.314 e. The first kappa shape index (κ1) is 11.8. The summed E-state index contributed by atoms with van der Waals surface area (Å²) in [6.07, 6.45) is 6.40. The van der Waals surface area contributed by atoms with E-state index in [1.807, 2.05) is 13.0 Å². The van der Waals surface area contributed by atoms with Gasteiger partial charge in [-0.15, -0.1) is 0 Å². The van der Waals surface area contributed by atoms with Gasteiger partial charge < -0.3 is 4.74 Å². The zero-order valence-electron chi connectivity index (χ0n) is 10.3. The molecule has 0 aliphatic heterocycles. The molecule has 1 aliphatic carbocycles. The lowest BCUT2D eigenvalue weighted by Crippen LogP contribution is -2.22. The minimum absolute atomic E-state index is 0.00000283. The highest BCUT2D eigenvalue weighted by molar-refractivity contribution is 5.75. The van der Waals surface area contributed by atoms with Crippen LogP contribution in [0.3, 0.4) is 0 Å². The number of aromatic nitrogens is 1. The zero-order valence-corrected chi connectivity index (χ0v) is 10.3. The normalized spacial score (nSPS) is 19.6. The maximum absolute atomic E-state index is 11.9. The van der Waals surface area contributed by atoms with E-state index in [0.29, 0.717) is 5.75 Å². The molecule has 1 aliphatic rings. The van der Waals surface area contributed by atoms with Crippen LogP contribution >= 0.6 is 0 Å². The molecule has 0 saturated carbocycles. The fourth-order valence-corrected chi connectivity index (χ4v) is 1.89. The van der Waals surface area contributed by atoms with E-state index < -0.39 is 0 Å². The zero-order chi connectivity index (χ0) is 12.3. The smallest absolute Gasteiger partial charge is 0.314 e. The van der Waals surface area contributed by atoms with Crippen molar-refractivity contribution >= 4 is 5.97 Å². The molecule has 0 bridgehead atoms. The highest BCUT2D eigenvalue weighted by Gasteiger charge is 2.22. The van der Waals surface area contributed by atoms with Crippen molar-refractivity contribution < 1.29 is 9.53 Å². The number of carbonyl (C=O) groups excluding carboxylic acids is 1. The fraction of sp³-hybridized carbons (Fsp3) is 0.429. The average molecular weight is 231 g/mol. The maximum atomic E-state index is 11.9. The number of esters is 1. The van der Waals surface area contributed by atoms with Crippen molar-refractivity contribution in [1.82, 2.24) is 4.98 Å². The van der Waals surface area contributed by atoms with Gasteiger partial charge in [0.25, 0.3) is 0 Å². The highest BCUT2D eigenvalue weighted by atomic mass is 16.5. The summed E-state index contributed by atoms with van der Waals surface area (Å²) in [5, 5.41) is 0. The Labute approximate surface area is 102 Å². The molecule has 1 heterocycles. The topological polar surface area (TPSA) is 39.2 Å². The van der Waals surface area contributed by atoms with E-state index in [1.165, 1.54) is 5.57 Å². The minimum atomic E-state index is -0.139. The summed E-state index contributed by atoms with van der Waals surface area (Å²) >= 11 is 0. The Morgan fingerprint density at radius 3 is 2.82 bits per heavy atom. The SMILES string of the molecule is CC1=CCC(C(=O)Oc2ccc(C)nc2)CC1. The number of pyridine rings is 1. The van der Waals surface area contributed by atoms with Crippen LogP contribution in [0.1, 0.15) is 31.9 Å². The highest BCUT2D eigenvalue weighted by Crippen LogP contribution is 2.24. The standard InChI is InChI=1S/C14H17NO2/c1-10-3-6-12(7-4-10)14(16)17-13-8-5-11(2)15-9-13/h3,5,8-9,12H,4,6-7H2,1-2H3. The minimum Gasteiger partial charge on any atom is -0.425 e. The van der Waals surface area contributed by atoms with Gasteiger partial charge in [-0.1, -0.05) is 11.6 Å². The Hall–Kier alpha value is -1.64. The van der Waals surface area contributed by atoms with E-state index in [0.717, 1.165) is 25.0 Å². The number of aryl methyl sites for hydroxylation is 1. The number of carbonyl (C=O) groups is 1. The van der Waals surface area contributed by atoms with Crippen LogP contribution in [0.15, 0.2) is 30.0 Å². The Kier molecular flexibility index (Phi) is 3.57. The van der Waals surface area contributed by atoms with Crippen molar-refractivity contribution in [3.8, 4) is 5.75 Å². The van der Waals surface area contributed by atoms with Crippen molar-refractivity contribution in [2.24, 2.45) is 5.92 Å². The van der Waals surface area contributed by atoms with Gasteiger partial charge in [0.2, 0.25) is 0 Å². The molecular weight excluding hydrogens is 214 g/mol. The Morgan fingerprint density at radius 2 is 2.24 bits per heavy atom.